The van der Waals surface area contributed by atoms with Crippen LogP contribution in [0.1, 0.15) is 17.8 Å². The molecule has 2 N–H and O–H groups in total. The van der Waals surface area contributed by atoms with E-state index in [1.54, 1.807) is 0 Å². The Bertz CT molecular complexity index is 338. The Morgan fingerprint density at radius 2 is 2.33 bits per heavy atom. The van der Waals surface area contributed by atoms with Crippen LogP contribution in [0.2, 0.25) is 0 Å². The van der Waals surface area contributed by atoms with Crippen LogP contribution in [-0.2, 0) is 0 Å². The summed E-state index contributed by atoms with van der Waals surface area (Å²) < 4.78 is 0. The molecule has 1 heterocycles. The quantitative estimate of drug-likeness (QED) is 0.715. The van der Waals surface area contributed by atoms with Gasteiger partial charge in [0.2, 0.25) is 5.13 Å². The van der Waals surface area contributed by atoms with Crippen LogP contribution in [0.25, 0.3) is 5.57 Å². The lowest BCUT2D eigenvalue weighted by molar-refractivity contribution is 1.02. The van der Waals surface area contributed by atoms with Gasteiger partial charge in [0.15, 0.2) is 0 Å². The van der Waals surface area contributed by atoms with E-state index in [0.29, 0.717) is 5.13 Å². The molecule has 4 heteroatoms. The van der Waals surface area contributed by atoms with Crippen molar-refractivity contribution < 1.29 is 0 Å². The first kappa shape index (κ1) is 7.49. The summed E-state index contributed by atoms with van der Waals surface area (Å²) in [5.41, 5.74) is 6.73. The summed E-state index contributed by atoms with van der Waals surface area (Å²) in [6, 6.07) is 0. The number of nitrogens with two attached hydrogens (primary N) is 1. The number of hydrogen-bond donors (Lipinski definition) is 1. The maximum Gasteiger partial charge on any atom is 0.203 e. The molecule has 0 radical (unpaired) electrons. The standard InChI is InChI=1S/C8H9N3S/c9-8-11-10-7(12-8)6-4-2-1-3-5-6/h1-2,4H,3,5H2,(H2,9,11). The van der Waals surface area contributed by atoms with Gasteiger partial charge < -0.3 is 5.73 Å². The van der Waals surface area contributed by atoms with Gasteiger partial charge in [0.1, 0.15) is 5.01 Å². The van der Waals surface area contributed by atoms with Gasteiger partial charge in [-0.25, -0.2) is 0 Å². The minimum atomic E-state index is 0.542. The molecule has 0 fully saturated rings. The Balaban J connectivity index is 2.30. The molecule has 0 aliphatic heterocycles. The summed E-state index contributed by atoms with van der Waals surface area (Å²) >= 11 is 1.45. The van der Waals surface area contributed by atoms with Gasteiger partial charge >= 0.3 is 0 Å². The summed E-state index contributed by atoms with van der Waals surface area (Å²) in [4.78, 5) is 0. The van der Waals surface area contributed by atoms with Crippen molar-refractivity contribution in [2.75, 3.05) is 5.73 Å². The van der Waals surface area contributed by atoms with Crippen molar-refractivity contribution in [3.8, 4) is 0 Å². The molecule has 2 rings (SSSR count). The molecule has 1 aliphatic rings. The molecule has 0 bridgehead atoms. The highest BCUT2D eigenvalue weighted by Gasteiger charge is 2.07. The fraction of sp³-hybridized carbons (Fsp3) is 0.250. The molecule has 1 aliphatic carbocycles. The number of allylic oxidation sites excluding steroid dienone is 4. The van der Waals surface area contributed by atoms with E-state index in [-0.39, 0.29) is 0 Å². The minimum Gasteiger partial charge on any atom is -0.374 e. The van der Waals surface area contributed by atoms with Crippen molar-refractivity contribution in [1.29, 1.82) is 0 Å². The van der Waals surface area contributed by atoms with Crippen LogP contribution in [0.15, 0.2) is 18.2 Å². The van der Waals surface area contributed by atoms with E-state index in [0.717, 1.165) is 17.8 Å². The number of hydrogen-bond acceptors (Lipinski definition) is 4. The van der Waals surface area contributed by atoms with Crippen molar-refractivity contribution in [3.05, 3.63) is 23.2 Å². The monoisotopic (exact) mass is 179 g/mol. The predicted molar refractivity (Wildman–Crippen MR) is 50.7 cm³/mol. The highest BCUT2D eigenvalue weighted by atomic mass is 32.1. The van der Waals surface area contributed by atoms with Crippen molar-refractivity contribution in [3.63, 3.8) is 0 Å². The molecule has 0 unspecified atom stereocenters. The van der Waals surface area contributed by atoms with Gasteiger partial charge in [-0.15, -0.1) is 10.2 Å². The highest BCUT2D eigenvalue weighted by molar-refractivity contribution is 7.16. The Morgan fingerprint density at radius 1 is 1.42 bits per heavy atom. The molecule has 3 nitrogen and oxygen atoms in total. The lowest BCUT2D eigenvalue weighted by Gasteiger charge is -2.02. The van der Waals surface area contributed by atoms with Crippen LogP contribution in [-0.4, -0.2) is 10.2 Å². The van der Waals surface area contributed by atoms with Gasteiger partial charge in [0, 0.05) is 0 Å². The maximum absolute atomic E-state index is 5.48. The Morgan fingerprint density at radius 3 is 2.92 bits per heavy atom. The molecule has 1 aromatic heterocycles. The SMILES string of the molecule is Nc1nnc(C2=CC=CCC2)s1. The third-order valence-electron chi connectivity index (χ3n) is 1.73. The number of rotatable bonds is 1. The smallest absolute Gasteiger partial charge is 0.203 e. The lowest BCUT2D eigenvalue weighted by Crippen LogP contribution is -1.86. The second-order valence-corrected chi connectivity index (χ2v) is 3.61. The van der Waals surface area contributed by atoms with Crippen LogP contribution < -0.4 is 5.73 Å². The largest absolute Gasteiger partial charge is 0.374 e. The van der Waals surface area contributed by atoms with Gasteiger partial charge in [-0.3, -0.25) is 0 Å². The van der Waals surface area contributed by atoms with E-state index < -0.39 is 0 Å². The zero-order chi connectivity index (χ0) is 8.39. The lowest BCUT2D eigenvalue weighted by atomic mass is 10.1. The first-order chi connectivity index (χ1) is 5.86. The van der Waals surface area contributed by atoms with Crippen molar-refractivity contribution in [1.82, 2.24) is 10.2 Å². The van der Waals surface area contributed by atoms with E-state index in [2.05, 4.69) is 28.4 Å². The van der Waals surface area contributed by atoms with Crippen molar-refractivity contribution in [2.45, 2.75) is 12.8 Å². The Hall–Kier alpha value is -1.16. The van der Waals surface area contributed by atoms with Crippen LogP contribution in [0.4, 0.5) is 5.13 Å². The van der Waals surface area contributed by atoms with Crippen LogP contribution >= 0.6 is 11.3 Å². The molecule has 1 aromatic rings. The van der Waals surface area contributed by atoms with Crippen LogP contribution in [0.3, 0.4) is 0 Å². The van der Waals surface area contributed by atoms with Crippen molar-refractivity contribution >= 4 is 22.0 Å². The van der Waals surface area contributed by atoms with Gasteiger partial charge in [-0.05, 0) is 18.4 Å². The summed E-state index contributed by atoms with van der Waals surface area (Å²) in [6.07, 6.45) is 8.41. The molecule has 0 spiro atoms. The molecular weight excluding hydrogens is 170 g/mol. The normalized spacial score (nSPS) is 16.2. The zero-order valence-corrected chi connectivity index (χ0v) is 7.34. The van der Waals surface area contributed by atoms with Gasteiger partial charge in [0.05, 0.1) is 0 Å². The first-order valence-corrected chi connectivity index (χ1v) is 4.63. The average molecular weight is 179 g/mol. The van der Waals surface area contributed by atoms with Crippen molar-refractivity contribution in [2.24, 2.45) is 0 Å². The fourth-order valence-electron chi connectivity index (χ4n) is 1.15. The van der Waals surface area contributed by atoms with E-state index in [1.807, 2.05) is 0 Å². The van der Waals surface area contributed by atoms with Gasteiger partial charge in [-0.2, -0.15) is 0 Å². The minimum absolute atomic E-state index is 0.542. The highest BCUT2D eigenvalue weighted by Crippen LogP contribution is 2.26. The molecule has 12 heavy (non-hydrogen) atoms. The number of nitrogen functional groups attached to an aromatic ring is 1. The summed E-state index contributed by atoms with van der Waals surface area (Å²) in [5, 5.41) is 9.25. The number of nitrogens with zero attached hydrogens (tertiary/aromatic N) is 2. The molecule has 0 aromatic carbocycles. The Kier molecular flexibility index (Phi) is 1.91. The average Bonchev–Trinajstić information content (AvgIpc) is 2.54. The van der Waals surface area contributed by atoms with E-state index >= 15 is 0 Å². The summed E-state index contributed by atoms with van der Waals surface area (Å²) in [5.74, 6) is 0. The van der Waals surface area contributed by atoms with Gasteiger partial charge in [0.25, 0.3) is 0 Å². The second-order valence-electron chi connectivity index (χ2n) is 2.60. The summed E-state index contributed by atoms with van der Waals surface area (Å²) in [6.45, 7) is 0. The first-order valence-electron chi connectivity index (χ1n) is 3.81. The number of aromatic nitrogens is 2. The third-order valence-corrected chi connectivity index (χ3v) is 2.56. The van der Waals surface area contributed by atoms with Gasteiger partial charge in [-0.1, -0.05) is 29.6 Å². The predicted octanol–water partition coefficient (Wildman–Crippen LogP) is 1.85. The third kappa shape index (κ3) is 1.38. The topological polar surface area (TPSA) is 51.8 Å². The zero-order valence-electron chi connectivity index (χ0n) is 6.53. The van der Waals surface area contributed by atoms with E-state index in [9.17, 15) is 0 Å². The second kappa shape index (κ2) is 3.06. The molecular formula is C8H9N3S. The fourth-order valence-corrected chi connectivity index (χ4v) is 1.81. The maximum atomic E-state index is 5.48. The van der Waals surface area contributed by atoms with Crippen LogP contribution in [0.5, 0.6) is 0 Å². The van der Waals surface area contributed by atoms with E-state index in [1.165, 1.54) is 16.9 Å². The molecule has 62 valence electrons. The molecule has 0 saturated carbocycles. The Labute approximate surface area is 74.6 Å². The number of anilines is 1. The molecule has 0 atom stereocenters. The van der Waals surface area contributed by atoms with E-state index in [4.69, 9.17) is 5.73 Å². The van der Waals surface area contributed by atoms with Crippen LogP contribution in [0, 0.1) is 0 Å². The molecule has 0 saturated heterocycles. The summed E-state index contributed by atoms with van der Waals surface area (Å²) in [7, 11) is 0. The molecule has 0 amide bonds.